The van der Waals surface area contributed by atoms with E-state index in [4.69, 9.17) is 0 Å². The van der Waals surface area contributed by atoms with Crippen molar-refractivity contribution in [1.82, 2.24) is 9.97 Å². The minimum Gasteiger partial charge on any atom is -0.342 e. The van der Waals surface area contributed by atoms with Crippen LogP contribution in [0.1, 0.15) is 30.8 Å². The van der Waals surface area contributed by atoms with Gasteiger partial charge in [0.05, 0.1) is 5.69 Å². The third-order valence-electron chi connectivity index (χ3n) is 2.99. The molecule has 0 amide bonds. The number of hydrogen-bond acceptors (Lipinski definition) is 1. The van der Waals surface area contributed by atoms with Crippen molar-refractivity contribution in [2.45, 2.75) is 33.1 Å². The van der Waals surface area contributed by atoms with Crippen molar-refractivity contribution < 1.29 is 8.78 Å². The molecule has 0 aliphatic carbocycles. The number of imidazole rings is 1. The SMILES string of the molecule is CCc1nc(-c2ccc(C(C)(F)F)cc2)[nH]c1C. The number of H-pyrrole nitrogens is 1. The summed E-state index contributed by atoms with van der Waals surface area (Å²) in [6, 6.07) is 6.23. The van der Waals surface area contributed by atoms with Crippen LogP contribution in [0.4, 0.5) is 8.78 Å². The van der Waals surface area contributed by atoms with Crippen molar-refractivity contribution in [2.24, 2.45) is 0 Å². The van der Waals surface area contributed by atoms with Crippen LogP contribution in [0.3, 0.4) is 0 Å². The van der Waals surface area contributed by atoms with E-state index in [9.17, 15) is 8.78 Å². The Bertz CT molecular complexity index is 536. The molecule has 1 heterocycles. The standard InChI is InChI=1S/C14H16F2N2/c1-4-12-9(2)17-13(18-12)10-5-7-11(8-6-10)14(3,15)16/h5-8H,4H2,1-3H3,(H,17,18). The summed E-state index contributed by atoms with van der Waals surface area (Å²) in [5.74, 6) is -2.07. The molecular formula is C14H16F2N2. The molecule has 0 bridgehead atoms. The molecule has 0 spiro atoms. The van der Waals surface area contributed by atoms with Crippen LogP contribution in [0.5, 0.6) is 0 Å². The molecule has 2 nitrogen and oxygen atoms in total. The highest BCUT2D eigenvalue weighted by Gasteiger charge is 2.23. The van der Waals surface area contributed by atoms with E-state index < -0.39 is 5.92 Å². The monoisotopic (exact) mass is 250 g/mol. The predicted molar refractivity (Wildman–Crippen MR) is 67.7 cm³/mol. The van der Waals surface area contributed by atoms with E-state index in [1.807, 2.05) is 13.8 Å². The van der Waals surface area contributed by atoms with Gasteiger partial charge >= 0.3 is 0 Å². The lowest BCUT2D eigenvalue weighted by molar-refractivity contribution is 0.0175. The normalized spacial score (nSPS) is 11.8. The Labute approximate surface area is 105 Å². The van der Waals surface area contributed by atoms with E-state index in [0.29, 0.717) is 0 Å². The lowest BCUT2D eigenvalue weighted by Crippen LogP contribution is -2.06. The average Bonchev–Trinajstić information content (AvgIpc) is 2.69. The summed E-state index contributed by atoms with van der Waals surface area (Å²) in [5.41, 5.74) is 2.88. The molecule has 1 N–H and O–H groups in total. The lowest BCUT2D eigenvalue weighted by Gasteiger charge is -2.10. The summed E-state index contributed by atoms with van der Waals surface area (Å²) in [4.78, 5) is 7.62. The van der Waals surface area contributed by atoms with Crippen LogP contribution in [0.15, 0.2) is 24.3 Å². The first-order valence-electron chi connectivity index (χ1n) is 5.96. The summed E-state index contributed by atoms with van der Waals surface area (Å²) >= 11 is 0. The van der Waals surface area contributed by atoms with Gasteiger partial charge in [-0.05, 0) is 13.3 Å². The topological polar surface area (TPSA) is 28.7 Å². The van der Waals surface area contributed by atoms with Crippen molar-refractivity contribution in [3.8, 4) is 11.4 Å². The van der Waals surface area contributed by atoms with Gasteiger partial charge in [0.2, 0.25) is 0 Å². The average molecular weight is 250 g/mol. The zero-order valence-electron chi connectivity index (χ0n) is 10.7. The molecule has 2 rings (SSSR count). The third kappa shape index (κ3) is 2.42. The number of halogens is 2. The lowest BCUT2D eigenvalue weighted by atomic mass is 10.1. The van der Waals surface area contributed by atoms with Crippen molar-refractivity contribution in [3.05, 3.63) is 41.2 Å². The maximum atomic E-state index is 13.1. The molecule has 18 heavy (non-hydrogen) atoms. The van der Waals surface area contributed by atoms with Gasteiger partial charge < -0.3 is 4.98 Å². The maximum absolute atomic E-state index is 13.1. The number of hydrogen-bond donors (Lipinski definition) is 1. The summed E-state index contributed by atoms with van der Waals surface area (Å²) in [6.07, 6.45) is 0.855. The second-order valence-electron chi connectivity index (χ2n) is 4.48. The zero-order valence-corrected chi connectivity index (χ0v) is 10.7. The Balaban J connectivity index is 2.34. The zero-order chi connectivity index (χ0) is 13.3. The molecule has 0 aliphatic heterocycles. The van der Waals surface area contributed by atoms with E-state index in [1.165, 1.54) is 12.1 Å². The van der Waals surface area contributed by atoms with Gasteiger partial charge in [-0.1, -0.05) is 31.2 Å². The highest BCUT2D eigenvalue weighted by atomic mass is 19.3. The van der Waals surface area contributed by atoms with Crippen molar-refractivity contribution in [1.29, 1.82) is 0 Å². The van der Waals surface area contributed by atoms with Gasteiger partial charge in [-0.3, -0.25) is 0 Å². The first kappa shape index (κ1) is 12.7. The fourth-order valence-corrected chi connectivity index (χ4v) is 1.90. The minimum absolute atomic E-state index is 0.0187. The van der Waals surface area contributed by atoms with Crippen LogP contribution in [0.2, 0.25) is 0 Å². The summed E-state index contributed by atoms with van der Waals surface area (Å²) in [5, 5.41) is 0. The maximum Gasteiger partial charge on any atom is 0.270 e. The van der Waals surface area contributed by atoms with E-state index in [2.05, 4.69) is 9.97 Å². The Hall–Kier alpha value is -1.71. The van der Waals surface area contributed by atoms with Crippen molar-refractivity contribution in [3.63, 3.8) is 0 Å². The second kappa shape index (κ2) is 4.52. The van der Waals surface area contributed by atoms with Gasteiger partial charge in [0.25, 0.3) is 5.92 Å². The van der Waals surface area contributed by atoms with Gasteiger partial charge in [-0.25, -0.2) is 13.8 Å². The molecule has 2 aromatic rings. The number of aromatic amines is 1. The number of rotatable bonds is 3. The summed E-state index contributed by atoms with van der Waals surface area (Å²) < 4.78 is 26.2. The second-order valence-corrected chi connectivity index (χ2v) is 4.48. The van der Waals surface area contributed by atoms with Gasteiger partial charge in [0.1, 0.15) is 5.82 Å². The van der Waals surface area contributed by atoms with Crippen molar-refractivity contribution in [2.75, 3.05) is 0 Å². The highest BCUT2D eigenvalue weighted by molar-refractivity contribution is 5.56. The Morgan fingerprint density at radius 1 is 1.22 bits per heavy atom. The molecule has 0 aliphatic rings. The summed E-state index contributed by atoms with van der Waals surface area (Å²) in [7, 11) is 0. The molecule has 0 unspecified atom stereocenters. The van der Waals surface area contributed by atoms with Crippen LogP contribution < -0.4 is 0 Å². The predicted octanol–water partition coefficient (Wildman–Crippen LogP) is 4.06. The van der Waals surface area contributed by atoms with E-state index in [-0.39, 0.29) is 5.56 Å². The molecular weight excluding hydrogens is 234 g/mol. The quantitative estimate of drug-likeness (QED) is 0.874. The van der Waals surface area contributed by atoms with Crippen molar-refractivity contribution >= 4 is 0 Å². The van der Waals surface area contributed by atoms with Gasteiger partial charge in [-0.15, -0.1) is 0 Å². The Morgan fingerprint density at radius 3 is 2.28 bits per heavy atom. The van der Waals surface area contributed by atoms with Gasteiger partial charge in [0.15, 0.2) is 0 Å². The van der Waals surface area contributed by atoms with Crippen LogP contribution >= 0.6 is 0 Å². The fraction of sp³-hybridized carbons (Fsp3) is 0.357. The number of aryl methyl sites for hydroxylation is 2. The molecule has 0 saturated heterocycles. The molecule has 96 valence electrons. The fourth-order valence-electron chi connectivity index (χ4n) is 1.90. The number of nitrogens with one attached hydrogen (secondary N) is 1. The van der Waals surface area contributed by atoms with Crippen LogP contribution in [-0.4, -0.2) is 9.97 Å². The smallest absolute Gasteiger partial charge is 0.270 e. The number of benzene rings is 1. The molecule has 4 heteroatoms. The Morgan fingerprint density at radius 2 is 1.83 bits per heavy atom. The first-order valence-corrected chi connectivity index (χ1v) is 5.96. The number of aromatic nitrogens is 2. The molecule has 0 radical (unpaired) electrons. The molecule has 0 fully saturated rings. The van der Waals surface area contributed by atoms with Crippen LogP contribution in [-0.2, 0) is 12.3 Å². The van der Waals surface area contributed by atoms with Crippen LogP contribution in [0, 0.1) is 6.92 Å². The minimum atomic E-state index is -2.80. The van der Waals surface area contributed by atoms with E-state index in [0.717, 1.165) is 36.1 Å². The number of nitrogens with zero attached hydrogens (tertiary/aromatic N) is 1. The molecule has 1 aromatic heterocycles. The third-order valence-corrected chi connectivity index (χ3v) is 2.99. The molecule has 1 aromatic carbocycles. The van der Waals surface area contributed by atoms with Gasteiger partial charge in [0, 0.05) is 23.7 Å². The summed E-state index contributed by atoms with van der Waals surface area (Å²) in [6.45, 7) is 4.89. The number of alkyl halides is 2. The largest absolute Gasteiger partial charge is 0.342 e. The molecule has 0 atom stereocenters. The van der Waals surface area contributed by atoms with E-state index in [1.54, 1.807) is 12.1 Å². The first-order chi connectivity index (χ1) is 8.41. The molecule has 0 saturated carbocycles. The van der Waals surface area contributed by atoms with E-state index >= 15 is 0 Å². The highest BCUT2D eigenvalue weighted by Crippen LogP contribution is 2.28. The van der Waals surface area contributed by atoms with Gasteiger partial charge in [-0.2, -0.15) is 0 Å². The Kier molecular flexibility index (Phi) is 3.20. The van der Waals surface area contributed by atoms with Crippen LogP contribution in [0.25, 0.3) is 11.4 Å².